The lowest BCUT2D eigenvalue weighted by molar-refractivity contribution is -0.109. The molecule has 0 bridgehead atoms. The van der Waals surface area contributed by atoms with Gasteiger partial charge in [0.15, 0.2) is 0 Å². The van der Waals surface area contributed by atoms with Gasteiger partial charge in [-0.25, -0.2) is 4.79 Å². The molecule has 2 aromatic carbocycles. The first-order valence-corrected chi connectivity index (χ1v) is 7.01. The van der Waals surface area contributed by atoms with Crippen LogP contribution in [0.25, 0.3) is 0 Å². The highest BCUT2D eigenvalue weighted by Gasteiger charge is 2.07. The maximum atomic E-state index is 12.0. The molecule has 8 heteroatoms. The fourth-order valence-electron chi connectivity index (χ4n) is 1.95. The Balaban J connectivity index is 2.01. The highest BCUT2D eigenvalue weighted by Crippen LogP contribution is 2.27. The molecule has 0 aliphatic carbocycles. The molecular weight excluding hydrogens is 312 g/mol. The van der Waals surface area contributed by atoms with E-state index in [9.17, 15) is 9.59 Å². The van der Waals surface area contributed by atoms with Crippen molar-refractivity contribution >= 4 is 29.5 Å². The summed E-state index contributed by atoms with van der Waals surface area (Å²) in [6.07, 6.45) is 0.508. The number of benzene rings is 2. The van der Waals surface area contributed by atoms with Gasteiger partial charge in [-0.15, -0.1) is 0 Å². The summed E-state index contributed by atoms with van der Waals surface area (Å²) in [5, 5.41) is 5.41. The first-order valence-electron chi connectivity index (χ1n) is 7.01. The number of urea groups is 1. The third-order valence-electron chi connectivity index (χ3n) is 3.07. The minimum absolute atomic E-state index is 0.394. The second-order valence-electron chi connectivity index (χ2n) is 4.61. The second kappa shape index (κ2) is 8.28. The summed E-state index contributed by atoms with van der Waals surface area (Å²) in [6.45, 7) is 0. The lowest BCUT2D eigenvalue weighted by atomic mass is 10.2. The Morgan fingerprint density at radius 1 is 0.958 bits per heavy atom. The van der Waals surface area contributed by atoms with Crippen LogP contribution >= 0.6 is 0 Å². The van der Waals surface area contributed by atoms with Crippen LogP contribution in [-0.4, -0.2) is 26.7 Å². The Hall–Kier alpha value is -3.42. The lowest BCUT2D eigenvalue weighted by Gasteiger charge is -2.13. The zero-order chi connectivity index (χ0) is 17.4. The van der Waals surface area contributed by atoms with Crippen molar-refractivity contribution in [2.75, 3.05) is 30.3 Å². The van der Waals surface area contributed by atoms with E-state index in [1.165, 1.54) is 7.11 Å². The summed E-state index contributed by atoms with van der Waals surface area (Å²) in [4.78, 5) is 22.3. The number of hydrogen-bond acceptors (Lipinski definition) is 5. The van der Waals surface area contributed by atoms with Crippen LogP contribution < -0.4 is 31.0 Å². The van der Waals surface area contributed by atoms with E-state index < -0.39 is 6.03 Å². The average molecular weight is 330 g/mol. The van der Waals surface area contributed by atoms with Crippen LogP contribution in [0.5, 0.6) is 11.5 Å². The smallest absolute Gasteiger partial charge is 0.323 e. The number of methoxy groups -OCH3 is 2. The Morgan fingerprint density at radius 3 is 2.25 bits per heavy atom. The van der Waals surface area contributed by atoms with Gasteiger partial charge in [-0.05, 0) is 36.4 Å². The molecule has 0 fully saturated rings. The Bertz CT molecular complexity index is 704. The second-order valence-corrected chi connectivity index (χ2v) is 4.61. The fraction of sp³-hybridized carbons (Fsp3) is 0.125. The van der Waals surface area contributed by atoms with Gasteiger partial charge in [0.05, 0.1) is 19.9 Å². The molecule has 0 saturated carbocycles. The summed E-state index contributed by atoms with van der Waals surface area (Å²) in [7, 11) is 3.06. The van der Waals surface area contributed by atoms with E-state index in [2.05, 4.69) is 21.5 Å². The number of carbonyl (C=O) groups is 2. The largest absolute Gasteiger partial charge is 0.497 e. The van der Waals surface area contributed by atoms with E-state index in [4.69, 9.17) is 9.47 Å². The standard InChI is InChI=1S/C16H18N4O4/c1-23-13-6-3-11(4-7-13)18-16(22)19-12-5-8-14(20-17-10-21)15(9-12)24-2/h3-10,20H,1-2H3,(H,17,21)(H2,18,19,22). The van der Waals surface area contributed by atoms with Crippen molar-refractivity contribution < 1.29 is 19.1 Å². The van der Waals surface area contributed by atoms with Crippen LogP contribution in [0, 0.1) is 0 Å². The number of anilines is 3. The van der Waals surface area contributed by atoms with Gasteiger partial charge in [0, 0.05) is 17.4 Å². The number of carbonyl (C=O) groups excluding carboxylic acids is 2. The molecule has 0 aliphatic heterocycles. The van der Waals surface area contributed by atoms with E-state index in [1.807, 2.05) is 0 Å². The number of hydrazine groups is 1. The van der Waals surface area contributed by atoms with Crippen molar-refractivity contribution in [1.29, 1.82) is 0 Å². The third-order valence-corrected chi connectivity index (χ3v) is 3.07. The molecule has 0 spiro atoms. The van der Waals surface area contributed by atoms with Crippen molar-refractivity contribution in [3.05, 3.63) is 42.5 Å². The molecule has 126 valence electrons. The molecular formula is C16H18N4O4. The number of nitrogens with one attached hydrogen (secondary N) is 4. The predicted molar refractivity (Wildman–Crippen MR) is 91.5 cm³/mol. The molecule has 24 heavy (non-hydrogen) atoms. The molecule has 0 atom stereocenters. The highest BCUT2D eigenvalue weighted by molar-refractivity contribution is 6.00. The fourth-order valence-corrected chi connectivity index (χ4v) is 1.95. The summed E-state index contributed by atoms with van der Waals surface area (Å²) in [5.41, 5.74) is 6.71. The van der Waals surface area contributed by atoms with Crippen LogP contribution in [0.3, 0.4) is 0 Å². The van der Waals surface area contributed by atoms with E-state index in [-0.39, 0.29) is 0 Å². The van der Waals surface area contributed by atoms with Crippen molar-refractivity contribution in [1.82, 2.24) is 5.43 Å². The molecule has 3 amide bonds. The number of ether oxygens (including phenoxy) is 2. The molecule has 0 radical (unpaired) electrons. The molecule has 0 unspecified atom stereocenters. The number of rotatable bonds is 7. The van der Waals surface area contributed by atoms with E-state index in [0.29, 0.717) is 35.0 Å². The van der Waals surface area contributed by atoms with Crippen molar-refractivity contribution in [3.8, 4) is 11.5 Å². The lowest BCUT2D eigenvalue weighted by Crippen LogP contribution is -2.20. The van der Waals surface area contributed by atoms with Gasteiger partial charge in [0.25, 0.3) is 0 Å². The van der Waals surface area contributed by atoms with E-state index in [0.717, 1.165) is 0 Å². The topological polar surface area (TPSA) is 101 Å². The summed E-state index contributed by atoms with van der Waals surface area (Å²) < 4.78 is 10.3. The van der Waals surface area contributed by atoms with Gasteiger partial charge in [0.2, 0.25) is 6.41 Å². The van der Waals surface area contributed by atoms with Gasteiger partial charge in [0.1, 0.15) is 11.5 Å². The average Bonchev–Trinajstić information content (AvgIpc) is 2.61. The summed E-state index contributed by atoms with van der Waals surface area (Å²) in [6, 6.07) is 11.5. The number of hydrogen-bond donors (Lipinski definition) is 4. The van der Waals surface area contributed by atoms with Gasteiger partial charge in [-0.3, -0.25) is 15.6 Å². The van der Waals surface area contributed by atoms with Gasteiger partial charge < -0.3 is 20.1 Å². The summed E-state index contributed by atoms with van der Waals surface area (Å²) >= 11 is 0. The normalized spacial score (nSPS) is 9.58. The molecule has 0 aliphatic rings. The van der Waals surface area contributed by atoms with Gasteiger partial charge in [-0.2, -0.15) is 0 Å². The van der Waals surface area contributed by atoms with Crippen molar-refractivity contribution in [2.45, 2.75) is 0 Å². The quantitative estimate of drug-likeness (QED) is 0.461. The highest BCUT2D eigenvalue weighted by atomic mass is 16.5. The maximum Gasteiger partial charge on any atom is 0.323 e. The summed E-state index contributed by atoms with van der Waals surface area (Å²) in [5.74, 6) is 1.17. The molecule has 0 aromatic heterocycles. The minimum Gasteiger partial charge on any atom is -0.497 e. The van der Waals surface area contributed by atoms with Crippen LogP contribution in [0.4, 0.5) is 21.9 Å². The van der Waals surface area contributed by atoms with Crippen LogP contribution in [0.1, 0.15) is 0 Å². The zero-order valence-electron chi connectivity index (χ0n) is 13.3. The first kappa shape index (κ1) is 16.9. The minimum atomic E-state index is -0.394. The molecule has 2 rings (SSSR count). The van der Waals surface area contributed by atoms with Crippen LogP contribution in [0.2, 0.25) is 0 Å². The zero-order valence-corrected chi connectivity index (χ0v) is 13.3. The Labute approximate surface area is 139 Å². The van der Waals surface area contributed by atoms with Crippen LogP contribution in [-0.2, 0) is 4.79 Å². The van der Waals surface area contributed by atoms with Crippen molar-refractivity contribution in [2.24, 2.45) is 0 Å². The van der Waals surface area contributed by atoms with E-state index in [1.54, 1.807) is 49.6 Å². The van der Waals surface area contributed by atoms with Gasteiger partial charge in [-0.1, -0.05) is 0 Å². The van der Waals surface area contributed by atoms with Crippen LogP contribution in [0.15, 0.2) is 42.5 Å². The third kappa shape index (κ3) is 4.54. The molecule has 8 nitrogen and oxygen atoms in total. The van der Waals surface area contributed by atoms with Crippen molar-refractivity contribution in [3.63, 3.8) is 0 Å². The van der Waals surface area contributed by atoms with E-state index >= 15 is 0 Å². The SMILES string of the molecule is COc1ccc(NC(=O)Nc2ccc(NNC=O)c(OC)c2)cc1. The number of amides is 3. The molecule has 0 saturated heterocycles. The molecule has 0 heterocycles. The van der Waals surface area contributed by atoms with Gasteiger partial charge >= 0.3 is 6.03 Å². The first-order chi connectivity index (χ1) is 11.7. The Morgan fingerprint density at radius 2 is 1.62 bits per heavy atom. The molecule has 2 aromatic rings. The maximum absolute atomic E-state index is 12.0. The Kier molecular flexibility index (Phi) is 5.84. The monoisotopic (exact) mass is 330 g/mol. The molecule has 4 N–H and O–H groups in total. The predicted octanol–water partition coefficient (Wildman–Crippen LogP) is 2.42.